The van der Waals surface area contributed by atoms with Crippen LogP contribution in [-0.4, -0.2) is 0 Å². The normalized spacial score (nSPS) is 16.4. The molecule has 0 saturated heterocycles. The van der Waals surface area contributed by atoms with Gasteiger partial charge in [0.15, 0.2) is 0 Å². The number of rotatable bonds is 4. The molecule has 12 aromatic carbocycles. The Balaban J connectivity index is 0.775. The molecule has 0 spiro atoms. The van der Waals surface area contributed by atoms with Gasteiger partial charge < -0.3 is 18.2 Å². The number of aryl methyl sites for hydroxylation is 1. The average molecular weight is 1190 g/mol. The second-order valence-electron chi connectivity index (χ2n) is 30.0. The Morgan fingerprint density at radius 2 is 0.641 bits per heavy atom. The molecule has 20 rings (SSSR count). The van der Waals surface area contributed by atoms with Crippen LogP contribution in [0.15, 0.2) is 220 Å². The second-order valence-corrected chi connectivity index (χ2v) is 30.0. The monoisotopic (exact) mass is 1190 g/mol. The predicted octanol–water partition coefficient (Wildman–Crippen LogP) is 24.4. The minimum absolute atomic E-state index is 0.210. The molecule has 0 amide bonds. The van der Waals surface area contributed by atoms with Crippen LogP contribution in [0.25, 0.3) is 133 Å². The molecule has 0 saturated carbocycles. The number of para-hydroxylation sites is 3. The summed E-state index contributed by atoms with van der Waals surface area (Å²) in [5.41, 5.74) is 37.6. The van der Waals surface area contributed by atoms with Crippen molar-refractivity contribution >= 4 is 82.9 Å². The first-order valence-electron chi connectivity index (χ1n) is 32.9. The van der Waals surface area contributed by atoms with Gasteiger partial charge in [-0.1, -0.05) is 184 Å². The van der Waals surface area contributed by atoms with Gasteiger partial charge >= 0.3 is 0 Å². The third kappa shape index (κ3) is 6.43. The Morgan fingerprint density at radius 3 is 1.14 bits per heavy atom. The number of hydrogen-bond acceptors (Lipinski definition) is 4. The molecule has 0 unspecified atom stereocenters. The van der Waals surface area contributed by atoms with Crippen molar-refractivity contribution in [3.63, 3.8) is 0 Å². The van der Waals surface area contributed by atoms with Gasteiger partial charge in [0.1, 0.15) is 33.5 Å². The smallest absolute Gasteiger partial charge is 0.143 e. The van der Waals surface area contributed by atoms with E-state index >= 15 is 0 Å². The molecule has 0 bridgehead atoms. The van der Waals surface area contributed by atoms with Crippen LogP contribution in [0.5, 0.6) is 0 Å². The number of fused-ring (bicyclic) bond motifs is 27. The summed E-state index contributed by atoms with van der Waals surface area (Å²) in [4.78, 5) is 2.57. The Bertz CT molecular complexity index is 5690. The van der Waals surface area contributed by atoms with E-state index in [1.165, 1.54) is 149 Å². The third-order valence-electron chi connectivity index (χ3n) is 23.3. The van der Waals surface area contributed by atoms with Crippen molar-refractivity contribution in [1.82, 2.24) is 0 Å². The van der Waals surface area contributed by atoms with Crippen LogP contribution in [0.3, 0.4) is 0 Å². The zero-order chi connectivity index (χ0) is 62.2. The van der Waals surface area contributed by atoms with Crippen molar-refractivity contribution in [2.45, 2.75) is 103 Å². The number of nitrogens with zero attached hydrogens (tertiary/aromatic N) is 1. The van der Waals surface area contributed by atoms with Crippen molar-refractivity contribution < 1.29 is 13.3 Å². The van der Waals surface area contributed by atoms with E-state index < -0.39 is 0 Å². The Labute approximate surface area is 535 Å². The van der Waals surface area contributed by atoms with Gasteiger partial charge in [-0.05, 0) is 221 Å². The zero-order valence-corrected chi connectivity index (χ0v) is 53.8. The van der Waals surface area contributed by atoms with E-state index in [9.17, 15) is 0 Å². The maximum Gasteiger partial charge on any atom is 0.143 e. The van der Waals surface area contributed by atoms with Gasteiger partial charge in [0.25, 0.3) is 0 Å². The van der Waals surface area contributed by atoms with E-state index in [4.69, 9.17) is 13.3 Å². The summed E-state index contributed by atoms with van der Waals surface area (Å²) in [7, 11) is 0. The summed E-state index contributed by atoms with van der Waals surface area (Å²) in [5, 5.41) is 7.11. The van der Waals surface area contributed by atoms with Crippen LogP contribution >= 0.6 is 0 Å². The molecule has 0 N–H and O–H groups in total. The van der Waals surface area contributed by atoms with Gasteiger partial charge in [-0.3, -0.25) is 0 Å². The van der Waals surface area contributed by atoms with Gasteiger partial charge in [0.05, 0.1) is 0 Å². The Kier molecular flexibility index (Phi) is 9.75. The minimum atomic E-state index is -0.358. The quantitative estimate of drug-likeness (QED) is 0.176. The molecule has 3 heterocycles. The SMILES string of the molecule is Cc1cccc(-c2cc3c(c4c2oc2ccccc24)-c2ccc(N(c4ccc5c(c4)C(C)(C)c4cc6c(cc4-5)C(C)(C)c4ccc5oc7ccccc7c5c4-6)c4ccc5c(c4)C(C)(C)c4cc6c(cc4-5)C(C)(C)c4ccc5oc7ccccc7c5c4-6)cc2C3(C)C)c1. The average Bonchev–Trinajstić information content (AvgIpc) is 1.54. The van der Waals surface area contributed by atoms with Crippen molar-refractivity contribution in [1.29, 1.82) is 0 Å². The van der Waals surface area contributed by atoms with Gasteiger partial charge in [0, 0.05) is 82.0 Å². The fourth-order valence-corrected chi connectivity index (χ4v) is 18.5. The lowest BCUT2D eigenvalue weighted by Crippen LogP contribution is -2.19. The first-order chi connectivity index (χ1) is 44.3. The highest BCUT2D eigenvalue weighted by Crippen LogP contribution is 2.63. The molecule has 0 aliphatic heterocycles. The molecule has 4 nitrogen and oxygen atoms in total. The Hall–Kier alpha value is -10.2. The van der Waals surface area contributed by atoms with Crippen molar-refractivity contribution in [2.24, 2.45) is 0 Å². The lowest BCUT2D eigenvalue weighted by molar-refractivity contribution is 0.650. The molecular weight excluding hydrogens is 1120 g/mol. The zero-order valence-electron chi connectivity index (χ0n) is 53.8. The highest BCUT2D eigenvalue weighted by atomic mass is 16.3. The molecule has 0 fully saturated rings. The Morgan fingerprint density at radius 1 is 0.261 bits per heavy atom. The molecule has 3 aromatic heterocycles. The fraction of sp³-hybridized carbons (Fsp3) is 0.182. The molecule has 442 valence electrons. The van der Waals surface area contributed by atoms with Crippen molar-refractivity contribution in [3.05, 3.63) is 267 Å². The fourth-order valence-electron chi connectivity index (χ4n) is 18.5. The predicted molar refractivity (Wildman–Crippen MR) is 381 cm³/mol. The third-order valence-corrected chi connectivity index (χ3v) is 23.3. The molecule has 5 aliphatic carbocycles. The molecule has 5 aliphatic rings. The van der Waals surface area contributed by atoms with Crippen LogP contribution < -0.4 is 4.90 Å². The van der Waals surface area contributed by atoms with Gasteiger partial charge in [-0.2, -0.15) is 0 Å². The minimum Gasteiger partial charge on any atom is -0.456 e. The van der Waals surface area contributed by atoms with Crippen LogP contribution in [0.1, 0.15) is 130 Å². The highest BCUT2D eigenvalue weighted by Gasteiger charge is 2.47. The van der Waals surface area contributed by atoms with Crippen LogP contribution in [0.2, 0.25) is 0 Å². The lowest BCUT2D eigenvalue weighted by atomic mass is 9.79. The maximum atomic E-state index is 6.96. The van der Waals surface area contributed by atoms with Gasteiger partial charge in [-0.25, -0.2) is 0 Å². The first kappa shape index (κ1) is 52.6. The van der Waals surface area contributed by atoms with E-state index in [-0.39, 0.29) is 27.1 Å². The molecule has 0 radical (unpaired) electrons. The van der Waals surface area contributed by atoms with Gasteiger partial charge in [0.2, 0.25) is 0 Å². The molecule has 15 aromatic rings. The summed E-state index contributed by atoms with van der Waals surface area (Å²) < 4.78 is 20.1. The van der Waals surface area contributed by atoms with Gasteiger partial charge in [-0.15, -0.1) is 0 Å². The van der Waals surface area contributed by atoms with Crippen molar-refractivity contribution in [2.75, 3.05) is 4.90 Å². The summed E-state index contributed by atoms with van der Waals surface area (Å²) in [5.74, 6) is 0. The first-order valence-corrected chi connectivity index (χ1v) is 32.9. The molecule has 4 heteroatoms. The molecule has 92 heavy (non-hydrogen) atoms. The van der Waals surface area contributed by atoms with E-state index in [0.29, 0.717) is 0 Å². The maximum absolute atomic E-state index is 6.96. The van der Waals surface area contributed by atoms with E-state index in [1.54, 1.807) is 0 Å². The largest absolute Gasteiger partial charge is 0.456 e. The second kappa shape index (κ2) is 17.1. The van der Waals surface area contributed by atoms with Crippen molar-refractivity contribution in [3.8, 4) is 66.8 Å². The number of anilines is 3. The topological polar surface area (TPSA) is 42.7 Å². The van der Waals surface area contributed by atoms with Crippen LogP contribution in [0.4, 0.5) is 17.1 Å². The summed E-state index contributed by atoms with van der Waals surface area (Å²) in [6.45, 7) is 26.4. The van der Waals surface area contributed by atoms with Crippen LogP contribution in [0, 0.1) is 6.92 Å². The number of hydrogen-bond donors (Lipinski definition) is 0. The summed E-state index contributed by atoms with van der Waals surface area (Å²) in [6, 6.07) is 78.3. The van der Waals surface area contributed by atoms with Crippen LogP contribution in [-0.2, 0) is 27.1 Å². The van der Waals surface area contributed by atoms with E-state index in [0.717, 1.165) is 61.5 Å². The lowest BCUT2D eigenvalue weighted by Gasteiger charge is -2.31. The van der Waals surface area contributed by atoms with E-state index in [2.05, 4.69) is 287 Å². The molecular formula is C88H67NO3. The number of benzene rings is 12. The molecule has 0 atom stereocenters. The standard InChI is InChI=1S/C88H67NO3/c1-46-19-18-20-47(37-46)57-41-71-77(82-56-23-14-17-26-74(56)92-83(57)82)53-32-29-50(40-66(53)88(71,10)11)89(48-27-30-51-58-42-69-60(44-67(58)86(6,7)64(51)38-48)78-62(84(69,2)3)33-35-75-80(78)54-21-12-15-24-72(54)90-75)49-28-31-52-59-43-70-61(45-68(59)87(8,9)65(52)39-49)79-63(85(70,4)5)34-36-76-81(79)55-22-13-16-25-73(55)91-76/h12-45H,1-11H3. The summed E-state index contributed by atoms with van der Waals surface area (Å²) in [6.07, 6.45) is 0. The summed E-state index contributed by atoms with van der Waals surface area (Å²) >= 11 is 0. The number of furan rings is 3. The highest BCUT2D eigenvalue weighted by molar-refractivity contribution is 6.20. The van der Waals surface area contributed by atoms with E-state index in [1.807, 2.05) is 0 Å².